The number of rotatable bonds is 5. The van der Waals surface area contributed by atoms with Gasteiger partial charge in [-0.15, -0.1) is 0 Å². The summed E-state index contributed by atoms with van der Waals surface area (Å²) < 4.78 is 0. The van der Waals surface area contributed by atoms with Gasteiger partial charge in [0.2, 0.25) is 5.91 Å². The molecule has 1 heterocycles. The molecule has 9 nitrogen and oxygen atoms in total. The first-order chi connectivity index (χ1) is 17.2. The van der Waals surface area contributed by atoms with E-state index in [4.69, 9.17) is 11.6 Å². The quantitative estimate of drug-likeness (QED) is 0.200. The van der Waals surface area contributed by atoms with Crippen LogP contribution in [0.3, 0.4) is 0 Å². The third-order valence-electron chi connectivity index (χ3n) is 5.76. The van der Waals surface area contributed by atoms with Gasteiger partial charge in [-0.3, -0.25) is 24.5 Å². The van der Waals surface area contributed by atoms with Crippen LogP contribution in [0.15, 0.2) is 72.8 Å². The molecule has 2 N–H and O–H groups in total. The molecule has 0 aromatic heterocycles. The number of nitrogens with one attached hydrogen (secondary N) is 2. The maximum Gasteiger partial charge on any atom is 0.294 e. The van der Waals surface area contributed by atoms with Crippen molar-refractivity contribution in [3.8, 4) is 0 Å². The maximum absolute atomic E-state index is 13.5. The molecule has 178 valence electrons. The Morgan fingerprint density at radius 1 is 0.917 bits per heavy atom. The van der Waals surface area contributed by atoms with Crippen LogP contribution in [-0.2, 0) is 4.79 Å². The molecular formula is C26H17ClN4O5. The second kappa shape index (κ2) is 8.79. The van der Waals surface area contributed by atoms with Crippen LogP contribution in [-0.4, -0.2) is 22.6 Å². The summed E-state index contributed by atoms with van der Waals surface area (Å²) in [5.74, 6) is -1.50. The van der Waals surface area contributed by atoms with Crippen LogP contribution in [0.2, 0.25) is 5.02 Å². The second-order valence-electron chi connectivity index (χ2n) is 8.11. The summed E-state index contributed by atoms with van der Waals surface area (Å²) in [5, 5.41) is 18.9. The van der Waals surface area contributed by atoms with Gasteiger partial charge in [-0.2, -0.15) is 0 Å². The van der Waals surface area contributed by atoms with E-state index in [1.807, 2.05) is 0 Å². The molecule has 10 heteroatoms. The largest absolute Gasteiger partial charge is 0.349 e. The summed E-state index contributed by atoms with van der Waals surface area (Å²) in [5.41, 5.74) is 1.45. The minimum absolute atomic E-state index is 0.0412. The molecule has 36 heavy (non-hydrogen) atoms. The lowest BCUT2D eigenvalue weighted by Crippen LogP contribution is -2.40. The summed E-state index contributed by atoms with van der Waals surface area (Å²) in [6.07, 6.45) is 0. The van der Waals surface area contributed by atoms with E-state index in [2.05, 4.69) is 10.6 Å². The van der Waals surface area contributed by atoms with E-state index < -0.39 is 16.7 Å². The molecule has 0 unspecified atom stereocenters. The highest BCUT2D eigenvalue weighted by Gasteiger charge is 2.37. The number of halogens is 1. The van der Waals surface area contributed by atoms with Gasteiger partial charge in [0.25, 0.3) is 17.5 Å². The van der Waals surface area contributed by atoms with Crippen LogP contribution >= 0.6 is 11.6 Å². The molecule has 4 aromatic rings. The first-order valence-corrected chi connectivity index (χ1v) is 11.2. The zero-order valence-electron chi connectivity index (χ0n) is 18.7. The van der Waals surface area contributed by atoms with E-state index in [9.17, 15) is 24.5 Å². The van der Waals surface area contributed by atoms with Gasteiger partial charge in [0.15, 0.2) is 0 Å². The van der Waals surface area contributed by atoms with E-state index in [0.717, 1.165) is 4.90 Å². The normalized spacial score (nSPS) is 12.6. The molecule has 0 fully saturated rings. The lowest BCUT2D eigenvalue weighted by Gasteiger charge is -2.28. The number of nitro groups is 1. The molecule has 5 rings (SSSR count). The lowest BCUT2D eigenvalue weighted by molar-refractivity contribution is -0.383. The molecule has 0 saturated heterocycles. The Balaban J connectivity index is 1.66. The van der Waals surface area contributed by atoms with E-state index >= 15 is 0 Å². The fourth-order valence-corrected chi connectivity index (χ4v) is 4.36. The number of carbonyl (C=O) groups excluding carboxylic acids is 3. The molecule has 0 bridgehead atoms. The minimum Gasteiger partial charge on any atom is -0.349 e. The van der Waals surface area contributed by atoms with Crippen molar-refractivity contribution in [2.75, 3.05) is 15.5 Å². The molecule has 0 atom stereocenters. The van der Waals surface area contributed by atoms with Crippen molar-refractivity contribution >= 4 is 68.5 Å². The number of hydrogen-bond acceptors (Lipinski definition) is 6. The van der Waals surface area contributed by atoms with Crippen LogP contribution < -0.4 is 15.5 Å². The van der Waals surface area contributed by atoms with Gasteiger partial charge in [-0.25, -0.2) is 4.90 Å². The average molecular weight is 501 g/mol. The van der Waals surface area contributed by atoms with Crippen LogP contribution in [0.4, 0.5) is 28.4 Å². The van der Waals surface area contributed by atoms with Crippen molar-refractivity contribution in [2.24, 2.45) is 0 Å². The van der Waals surface area contributed by atoms with Crippen molar-refractivity contribution in [3.63, 3.8) is 0 Å². The van der Waals surface area contributed by atoms with Gasteiger partial charge in [0, 0.05) is 45.7 Å². The van der Waals surface area contributed by atoms with Crippen molar-refractivity contribution in [2.45, 2.75) is 6.92 Å². The Kier molecular flexibility index (Phi) is 5.62. The summed E-state index contributed by atoms with van der Waals surface area (Å²) >= 11 is 5.95. The highest BCUT2D eigenvalue weighted by atomic mass is 35.5. The number of benzene rings is 4. The minimum atomic E-state index is -0.683. The summed E-state index contributed by atoms with van der Waals surface area (Å²) in [6, 6.07) is 18.8. The topological polar surface area (TPSA) is 122 Å². The molecule has 0 saturated carbocycles. The molecule has 3 amide bonds. The monoisotopic (exact) mass is 500 g/mol. The Morgan fingerprint density at radius 2 is 1.56 bits per heavy atom. The van der Waals surface area contributed by atoms with Crippen LogP contribution in [0.1, 0.15) is 27.6 Å². The first kappa shape index (κ1) is 23.0. The predicted octanol–water partition coefficient (Wildman–Crippen LogP) is 5.90. The fraction of sp³-hybridized carbons (Fsp3) is 0.0385. The van der Waals surface area contributed by atoms with Gasteiger partial charge in [-0.1, -0.05) is 23.7 Å². The van der Waals surface area contributed by atoms with Gasteiger partial charge in [-0.05, 0) is 54.6 Å². The zero-order valence-corrected chi connectivity index (χ0v) is 19.5. The summed E-state index contributed by atoms with van der Waals surface area (Å²) in [4.78, 5) is 50.8. The zero-order chi connectivity index (χ0) is 25.6. The highest BCUT2D eigenvalue weighted by Crippen LogP contribution is 2.42. The van der Waals surface area contributed by atoms with E-state index in [0.29, 0.717) is 27.2 Å². The Labute approximate surface area is 209 Å². The molecule has 0 spiro atoms. The number of carbonyl (C=O) groups is 3. The number of amides is 3. The Bertz CT molecular complexity index is 1580. The molecule has 0 aliphatic carbocycles. The van der Waals surface area contributed by atoms with E-state index in [-0.39, 0.29) is 34.1 Å². The summed E-state index contributed by atoms with van der Waals surface area (Å²) in [7, 11) is 0. The van der Waals surface area contributed by atoms with Crippen LogP contribution in [0, 0.1) is 10.1 Å². The lowest BCUT2D eigenvalue weighted by atomic mass is 9.91. The maximum atomic E-state index is 13.5. The van der Waals surface area contributed by atoms with Crippen LogP contribution in [0.25, 0.3) is 10.8 Å². The van der Waals surface area contributed by atoms with Gasteiger partial charge in [0.1, 0.15) is 5.69 Å². The van der Waals surface area contributed by atoms with Crippen molar-refractivity contribution in [1.29, 1.82) is 0 Å². The first-order valence-electron chi connectivity index (χ1n) is 10.8. The number of nitro benzene ring substituents is 1. The fourth-order valence-electron chi connectivity index (χ4n) is 4.23. The molecule has 4 aromatic carbocycles. The van der Waals surface area contributed by atoms with Crippen molar-refractivity contribution < 1.29 is 19.3 Å². The smallest absolute Gasteiger partial charge is 0.294 e. The highest BCUT2D eigenvalue weighted by molar-refractivity contribution is 6.37. The summed E-state index contributed by atoms with van der Waals surface area (Å²) in [6.45, 7) is 1.37. The van der Waals surface area contributed by atoms with Crippen molar-refractivity contribution in [3.05, 3.63) is 99.1 Å². The number of nitrogens with zero attached hydrogens (tertiary/aromatic N) is 2. The third-order valence-corrected chi connectivity index (χ3v) is 6.02. The van der Waals surface area contributed by atoms with Gasteiger partial charge in [0.05, 0.1) is 16.2 Å². The van der Waals surface area contributed by atoms with Gasteiger partial charge >= 0.3 is 0 Å². The van der Waals surface area contributed by atoms with E-state index in [1.165, 1.54) is 25.1 Å². The number of anilines is 4. The second-order valence-corrected chi connectivity index (χ2v) is 8.55. The standard InChI is InChI=1S/C26H17ClN4O5/c1-14(32)28-16-9-11-18(12-10-16)30-25(33)20-4-2-3-19-23(20)21(26(30)34)13-22(31(35)36)24(19)29-17-7-5-15(27)6-8-17/h2-13,29H,1H3,(H,28,32). The van der Waals surface area contributed by atoms with Gasteiger partial charge < -0.3 is 10.6 Å². The molecule has 0 radical (unpaired) electrons. The van der Waals surface area contributed by atoms with E-state index in [1.54, 1.807) is 54.6 Å². The third kappa shape index (κ3) is 3.91. The predicted molar refractivity (Wildman–Crippen MR) is 137 cm³/mol. The Morgan fingerprint density at radius 3 is 2.19 bits per heavy atom. The van der Waals surface area contributed by atoms with Crippen molar-refractivity contribution in [1.82, 2.24) is 0 Å². The number of hydrogen-bond donors (Lipinski definition) is 2. The SMILES string of the molecule is CC(=O)Nc1ccc(N2C(=O)c3cccc4c(Nc5ccc(Cl)cc5)c([N+](=O)[O-])cc(c34)C2=O)cc1. The Hall–Kier alpha value is -4.76. The molecule has 1 aliphatic heterocycles. The molecule has 1 aliphatic rings. The van der Waals surface area contributed by atoms with Crippen LogP contribution in [0.5, 0.6) is 0 Å². The number of imide groups is 1. The molecular weight excluding hydrogens is 484 g/mol. The average Bonchev–Trinajstić information content (AvgIpc) is 2.85.